The van der Waals surface area contributed by atoms with Crippen molar-refractivity contribution >= 4 is 27.5 Å². The fourth-order valence-electron chi connectivity index (χ4n) is 0.397. The summed E-state index contributed by atoms with van der Waals surface area (Å²) in [6.45, 7) is 0. The summed E-state index contributed by atoms with van der Waals surface area (Å²) < 4.78 is 0. The average molecular weight is 195 g/mol. The van der Waals surface area contributed by atoms with Gasteiger partial charge in [-0.3, -0.25) is 5.10 Å². The van der Waals surface area contributed by atoms with E-state index >= 15 is 0 Å². The van der Waals surface area contributed by atoms with Gasteiger partial charge in [0.25, 0.3) is 0 Å². The highest BCUT2D eigenvalue weighted by molar-refractivity contribution is 9.08. The molecule has 0 spiro atoms. The quantitative estimate of drug-likeness (QED) is 0.682. The van der Waals surface area contributed by atoms with E-state index in [1.54, 1.807) is 6.20 Å². The molecule has 0 unspecified atom stereocenters. The fourth-order valence-corrected chi connectivity index (χ4v) is 1.14. The lowest BCUT2D eigenvalue weighted by Gasteiger charge is -1.81. The second kappa shape index (κ2) is 2.51. The van der Waals surface area contributed by atoms with E-state index in [4.69, 9.17) is 11.6 Å². The Bertz CT molecular complexity index is 174. The number of hydrogen-bond acceptors (Lipinski definition) is 1. The first-order valence-electron chi connectivity index (χ1n) is 2.08. The van der Waals surface area contributed by atoms with Crippen LogP contribution in [0.25, 0.3) is 0 Å². The van der Waals surface area contributed by atoms with Gasteiger partial charge in [-0.15, -0.1) is 0 Å². The van der Waals surface area contributed by atoms with Crippen molar-refractivity contribution in [1.29, 1.82) is 0 Å². The van der Waals surface area contributed by atoms with E-state index < -0.39 is 0 Å². The molecular formula is C4H4BrClN2. The number of nitrogens with zero attached hydrogens (tertiary/aromatic N) is 1. The molecule has 4 heteroatoms. The predicted octanol–water partition coefficient (Wildman–Crippen LogP) is 1.96. The Morgan fingerprint density at radius 2 is 2.62 bits per heavy atom. The lowest BCUT2D eigenvalue weighted by atomic mass is 10.5. The molecule has 1 heterocycles. The van der Waals surface area contributed by atoms with Crippen molar-refractivity contribution in [3.8, 4) is 0 Å². The summed E-state index contributed by atoms with van der Waals surface area (Å²) in [7, 11) is 0. The lowest BCUT2D eigenvalue weighted by molar-refractivity contribution is 1.04. The third-order valence-electron chi connectivity index (χ3n) is 0.793. The lowest BCUT2D eigenvalue weighted by Crippen LogP contribution is -1.75. The van der Waals surface area contributed by atoms with Crippen LogP contribution in [0.4, 0.5) is 0 Å². The maximum absolute atomic E-state index is 5.62. The van der Waals surface area contributed by atoms with Crippen LogP contribution < -0.4 is 0 Å². The van der Waals surface area contributed by atoms with Crippen molar-refractivity contribution in [2.45, 2.75) is 5.33 Å². The van der Waals surface area contributed by atoms with Crippen LogP contribution in [0.3, 0.4) is 0 Å². The topological polar surface area (TPSA) is 28.7 Å². The molecule has 0 aliphatic heterocycles. The summed E-state index contributed by atoms with van der Waals surface area (Å²) >= 11 is 8.84. The zero-order valence-corrected chi connectivity index (χ0v) is 6.33. The first-order chi connectivity index (χ1) is 3.84. The summed E-state index contributed by atoms with van der Waals surface area (Å²) in [6, 6.07) is 0. The second-order valence-electron chi connectivity index (χ2n) is 1.31. The maximum atomic E-state index is 5.62. The van der Waals surface area contributed by atoms with E-state index in [1.807, 2.05) is 0 Å². The van der Waals surface area contributed by atoms with E-state index in [-0.39, 0.29) is 0 Å². The van der Waals surface area contributed by atoms with Crippen molar-refractivity contribution in [3.05, 3.63) is 16.9 Å². The molecule has 8 heavy (non-hydrogen) atoms. The number of aromatic nitrogens is 2. The average Bonchev–Trinajstić information content (AvgIpc) is 2.14. The number of rotatable bonds is 1. The zero-order chi connectivity index (χ0) is 5.98. The molecule has 0 aromatic carbocycles. The highest BCUT2D eigenvalue weighted by Crippen LogP contribution is 2.13. The summed E-state index contributed by atoms with van der Waals surface area (Å²) in [5.41, 5.74) is 0.853. The van der Waals surface area contributed by atoms with E-state index in [2.05, 4.69) is 26.1 Å². The van der Waals surface area contributed by atoms with Gasteiger partial charge in [0.15, 0.2) is 0 Å². The molecule has 0 saturated carbocycles. The van der Waals surface area contributed by atoms with Crippen LogP contribution in [-0.2, 0) is 5.33 Å². The molecule has 0 atom stereocenters. The predicted molar refractivity (Wildman–Crippen MR) is 36.2 cm³/mol. The number of alkyl halides is 1. The van der Waals surface area contributed by atoms with E-state index in [9.17, 15) is 0 Å². The van der Waals surface area contributed by atoms with Crippen LogP contribution in [0.5, 0.6) is 0 Å². The van der Waals surface area contributed by atoms with Gasteiger partial charge in [-0.1, -0.05) is 27.5 Å². The summed E-state index contributed by atoms with van der Waals surface area (Å²) in [4.78, 5) is 0. The molecule has 1 aromatic rings. The summed E-state index contributed by atoms with van der Waals surface area (Å²) in [5, 5.41) is 7.85. The molecule has 0 fully saturated rings. The molecule has 0 saturated heterocycles. The first kappa shape index (κ1) is 6.11. The number of hydrogen-bond donors (Lipinski definition) is 1. The van der Waals surface area contributed by atoms with E-state index in [1.165, 1.54) is 0 Å². The second-order valence-corrected chi connectivity index (χ2v) is 2.28. The Morgan fingerprint density at radius 1 is 1.88 bits per heavy atom. The van der Waals surface area contributed by atoms with Crippen LogP contribution in [-0.4, -0.2) is 10.2 Å². The smallest absolute Gasteiger partial charge is 0.0913 e. The molecule has 1 N–H and O–H groups in total. The van der Waals surface area contributed by atoms with E-state index in [0.717, 1.165) is 5.69 Å². The first-order valence-corrected chi connectivity index (χ1v) is 3.58. The van der Waals surface area contributed by atoms with Gasteiger partial charge in [0, 0.05) is 11.5 Å². The molecule has 1 aromatic heterocycles. The standard InChI is InChI=1S/C4H4BrClN2/c5-1-4-3(6)2-7-8-4/h2H,1H2,(H,7,8). The van der Waals surface area contributed by atoms with Crippen LogP contribution >= 0.6 is 27.5 Å². The normalized spacial score (nSPS) is 9.75. The third-order valence-corrected chi connectivity index (χ3v) is 1.65. The van der Waals surface area contributed by atoms with E-state index in [0.29, 0.717) is 10.4 Å². The minimum absolute atomic E-state index is 0.682. The molecule has 1 rings (SSSR count). The molecule has 2 nitrogen and oxygen atoms in total. The molecule has 44 valence electrons. The van der Waals surface area contributed by atoms with Gasteiger partial charge < -0.3 is 0 Å². The molecule has 0 aliphatic rings. The highest BCUT2D eigenvalue weighted by atomic mass is 79.9. The van der Waals surface area contributed by atoms with Crippen LogP contribution in [0.2, 0.25) is 5.02 Å². The summed E-state index contributed by atoms with van der Waals surface area (Å²) in [5.74, 6) is 0. The van der Waals surface area contributed by atoms with Crippen molar-refractivity contribution in [2.24, 2.45) is 0 Å². The molecule has 0 aliphatic carbocycles. The number of H-pyrrole nitrogens is 1. The van der Waals surface area contributed by atoms with Crippen LogP contribution in [0.1, 0.15) is 5.69 Å². The van der Waals surface area contributed by atoms with Gasteiger partial charge in [-0.25, -0.2) is 0 Å². The number of nitrogens with one attached hydrogen (secondary N) is 1. The van der Waals surface area contributed by atoms with Crippen molar-refractivity contribution in [1.82, 2.24) is 10.2 Å². The number of halogens is 2. The zero-order valence-electron chi connectivity index (χ0n) is 3.99. The minimum atomic E-state index is 0.682. The van der Waals surface area contributed by atoms with Crippen molar-refractivity contribution in [3.63, 3.8) is 0 Å². The van der Waals surface area contributed by atoms with Gasteiger partial charge in [0.05, 0.1) is 10.7 Å². The Kier molecular flexibility index (Phi) is 1.91. The van der Waals surface area contributed by atoms with Crippen molar-refractivity contribution < 1.29 is 0 Å². The SMILES string of the molecule is Clc1c[nH]nc1CBr. The third kappa shape index (κ3) is 1.03. The molecule has 0 bridgehead atoms. The van der Waals surface area contributed by atoms with Gasteiger partial charge in [-0.2, -0.15) is 5.10 Å². The van der Waals surface area contributed by atoms with Gasteiger partial charge in [0.1, 0.15) is 0 Å². The Balaban J connectivity index is 2.92. The molecule has 0 amide bonds. The van der Waals surface area contributed by atoms with Gasteiger partial charge in [0.2, 0.25) is 0 Å². The molecular weight excluding hydrogens is 191 g/mol. The van der Waals surface area contributed by atoms with Crippen LogP contribution in [0.15, 0.2) is 6.20 Å². The monoisotopic (exact) mass is 194 g/mol. The van der Waals surface area contributed by atoms with Crippen LogP contribution in [0, 0.1) is 0 Å². The largest absolute Gasteiger partial charge is 0.284 e. The Morgan fingerprint density at radius 3 is 2.88 bits per heavy atom. The maximum Gasteiger partial charge on any atom is 0.0913 e. The molecule has 0 radical (unpaired) electrons. The fraction of sp³-hybridized carbons (Fsp3) is 0.250. The highest BCUT2D eigenvalue weighted by Gasteiger charge is 1.97. The van der Waals surface area contributed by atoms with Gasteiger partial charge in [-0.05, 0) is 0 Å². The number of aromatic amines is 1. The summed E-state index contributed by atoms with van der Waals surface area (Å²) in [6.07, 6.45) is 1.65. The Hall–Kier alpha value is -0.0200. The van der Waals surface area contributed by atoms with Crippen molar-refractivity contribution in [2.75, 3.05) is 0 Å². The van der Waals surface area contributed by atoms with Gasteiger partial charge >= 0.3 is 0 Å². The minimum Gasteiger partial charge on any atom is -0.284 e. The Labute approximate surface area is 60.4 Å².